The van der Waals surface area contributed by atoms with Crippen LogP contribution < -0.4 is 30.6 Å². The first-order valence-corrected chi connectivity index (χ1v) is 9.59. The molecular weight excluding hydrogens is 404 g/mol. The minimum Gasteiger partial charge on any atom is -0.493 e. The molecule has 0 saturated heterocycles. The van der Waals surface area contributed by atoms with Crippen LogP contribution in [0.4, 0.5) is 22.1 Å². The number of carbonyl (C=O) groups is 1. The summed E-state index contributed by atoms with van der Waals surface area (Å²) in [5, 5.41) is 15.9. The smallest absolute Gasteiger partial charge is 0.267 e. The van der Waals surface area contributed by atoms with Crippen LogP contribution in [0.1, 0.15) is 15.2 Å². The van der Waals surface area contributed by atoms with Gasteiger partial charge in [0.25, 0.3) is 5.91 Å². The zero-order valence-electron chi connectivity index (χ0n) is 16.6. The molecule has 3 aromatic rings. The van der Waals surface area contributed by atoms with E-state index in [1.165, 1.54) is 21.3 Å². The molecule has 154 valence electrons. The number of hydrogen-bond donors (Lipinski definition) is 3. The average molecular weight is 424 g/mol. The number of methoxy groups -OCH3 is 3. The fourth-order valence-electron chi connectivity index (χ4n) is 2.81. The summed E-state index contributed by atoms with van der Waals surface area (Å²) < 4.78 is 15.9. The molecule has 1 aromatic heterocycles. The summed E-state index contributed by atoms with van der Waals surface area (Å²) in [7, 11) is 4.47. The first kappa shape index (κ1) is 20.8. The maximum atomic E-state index is 12.9. The average Bonchev–Trinajstić information content (AvgIpc) is 3.08. The van der Waals surface area contributed by atoms with Crippen LogP contribution in [0.15, 0.2) is 42.5 Å². The number of amides is 1. The Morgan fingerprint density at radius 1 is 1.03 bits per heavy atom. The summed E-state index contributed by atoms with van der Waals surface area (Å²) in [4.78, 5) is 13.1. The lowest BCUT2D eigenvalue weighted by Gasteiger charge is -2.14. The van der Waals surface area contributed by atoms with Crippen molar-refractivity contribution in [1.82, 2.24) is 0 Å². The highest BCUT2D eigenvalue weighted by molar-refractivity contribution is 7.19. The van der Waals surface area contributed by atoms with Crippen LogP contribution in [0.25, 0.3) is 0 Å². The van der Waals surface area contributed by atoms with E-state index >= 15 is 0 Å². The molecular formula is C21H20N4O4S. The number of ether oxygens (including phenoxy) is 3. The maximum Gasteiger partial charge on any atom is 0.267 e. The zero-order valence-corrected chi connectivity index (χ0v) is 17.4. The normalized spacial score (nSPS) is 10.1. The number of nitriles is 1. The molecule has 0 atom stereocenters. The molecule has 30 heavy (non-hydrogen) atoms. The van der Waals surface area contributed by atoms with Crippen LogP contribution in [-0.4, -0.2) is 27.2 Å². The maximum absolute atomic E-state index is 12.9. The van der Waals surface area contributed by atoms with Gasteiger partial charge in [-0.1, -0.05) is 18.2 Å². The Morgan fingerprint density at radius 3 is 2.20 bits per heavy atom. The number of benzene rings is 2. The molecule has 0 saturated carbocycles. The molecule has 0 bridgehead atoms. The predicted octanol–water partition coefficient (Wildman–Crippen LogP) is 4.22. The molecule has 9 heteroatoms. The van der Waals surface area contributed by atoms with Crippen molar-refractivity contribution in [2.24, 2.45) is 0 Å². The van der Waals surface area contributed by atoms with Gasteiger partial charge in [-0.2, -0.15) is 5.26 Å². The van der Waals surface area contributed by atoms with E-state index in [1.807, 2.05) is 30.3 Å². The fourth-order valence-corrected chi connectivity index (χ4v) is 3.79. The Morgan fingerprint density at radius 2 is 1.67 bits per heavy atom. The number of para-hydroxylation sites is 1. The number of carbonyl (C=O) groups excluding carboxylic acids is 1. The molecule has 0 radical (unpaired) electrons. The molecule has 0 spiro atoms. The second-order valence-electron chi connectivity index (χ2n) is 6.02. The summed E-state index contributed by atoms with van der Waals surface area (Å²) in [6, 6.07) is 14.6. The minimum atomic E-state index is -0.454. The van der Waals surface area contributed by atoms with Gasteiger partial charge in [-0.3, -0.25) is 4.79 Å². The number of nitrogen functional groups attached to an aromatic ring is 1. The van der Waals surface area contributed by atoms with Crippen molar-refractivity contribution >= 4 is 39.3 Å². The van der Waals surface area contributed by atoms with E-state index < -0.39 is 5.91 Å². The molecule has 0 aliphatic heterocycles. The predicted molar refractivity (Wildman–Crippen MR) is 117 cm³/mol. The number of hydrogen-bond acceptors (Lipinski definition) is 8. The molecule has 2 aromatic carbocycles. The second-order valence-corrected chi connectivity index (χ2v) is 7.04. The Balaban J connectivity index is 1.92. The van der Waals surface area contributed by atoms with E-state index in [0.717, 1.165) is 17.0 Å². The van der Waals surface area contributed by atoms with Gasteiger partial charge in [0.05, 0.1) is 27.0 Å². The number of thiophene rings is 1. The van der Waals surface area contributed by atoms with E-state index in [-0.39, 0.29) is 16.1 Å². The largest absolute Gasteiger partial charge is 0.493 e. The van der Waals surface area contributed by atoms with Crippen LogP contribution in [0, 0.1) is 11.3 Å². The van der Waals surface area contributed by atoms with Crippen molar-refractivity contribution in [3.8, 4) is 23.3 Å². The fraction of sp³-hybridized carbons (Fsp3) is 0.143. The Bertz CT molecular complexity index is 1080. The molecule has 1 heterocycles. The van der Waals surface area contributed by atoms with Gasteiger partial charge >= 0.3 is 0 Å². The lowest BCUT2D eigenvalue weighted by Crippen LogP contribution is -2.12. The van der Waals surface area contributed by atoms with Gasteiger partial charge in [0.1, 0.15) is 21.5 Å². The third-order valence-corrected chi connectivity index (χ3v) is 5.34. The van der Waals surface area contributed by atoms with Crippen LogP contribution in [0.3, 0.4) is 0 Å². The van der Waals surface area contributed by atoms with Gasteiger partial charge in [0, 0.05) is 23.5 Å². The first-order valence-electron chi connectivity index (χ1n) is 8.78. The Hall–Kier alpha value is -3.90. The van der Waals surface area contributed by atoms with Gasteiger partial charge in [0.15, 0.2) is 11.5 Å². The number of rotatable bonds is 7. The highest BCUT2D eigenvalue weighted by Gasteiger charge is 2.22. The molecule has 0 aliphatic carbocycles. The first-order chi connectivity index (χ1) is 14.5. The zero-order chi connectivity index (χ0) is 21.7. The topological polar surface area (TPSA) is 119 Å². The molecule has 0 fully saturated rings. The van der Waals surface area contributed by atoms with Crippen molar-refractivity contribution in [2.75, 3.05) is 37.7 Å². The van der Waals surface area contributed by atoms with E-state index in [4.69, 9.17) is 19.9 Å². The molecule has 0 aliphatic rings. The Labute approximate surface area is 177 Å². The highest BCUT2D eigenvalue weighted by Crippen LogP contribution is 2.41. The van der Waals surface area contributed by atoms with Crippen LogP contribution in [-0.2, 0) is 0 Å². The van der Waals surface area contributed by atoms with E-state index in [9.17, 15) is 10.1 Å². The lowest BCUT2D eigenvalue weighted by atomic mass is 10.2. The van der Waals surface area contributed by atoms with Gasteiger partial charge < -0.3 is 30.6 Å². The number of nitrogens with zero attached hydrogens (tertiary/aromatic N) is 1. The summed E-state index contributed by atoms with van der Waals surface area (Å²) in [5.74, 6) is 0.755. The van der Waals surface area contributed by atoms with Gasteiger partial charge in [-0.15, -0.1) is 11.3 Å². The van der Waals surface area contributed by atoms with Crippen molar-refractivity contribution < 1.29 is 19.0 Å². The minimum absolute atomic E-state index is 0.117. The molecule has 8 nitrogen and oxygen atoms in total. The summed E-state index contributed by atoms with van der Waals surface area (Å²) >= 11 is 1.10. The van der Waals surface area contributed by atoms with Gasteiger partial charge in [-0.05, 0) is 12.1 Å². The van der Waals surface area contributed by atoms with Crippen molar-refractivity contribution in [3.63, 3.8) is 0 Å². The second kappa shape index (κ2) is 9.07. The van der Waals surface area contributed by atoms with E-state index in [1.54, 1.807) is 12.1 Å². The van der Waals surface area contributed by atoms with Crippen LogP contribution in [0.5, 0.6) is 17.2 Å². The number of nitrogens with one attached hydrogen (secondary N) is 2. The molecule has 4 N–H and O–H groups in total. The monoisotopic (exact) mass is 424 g/mol. The number of nitrogens with two attached hydrogens (primary N) is 1. The van der Waals surface area contributed by atoms with Crippen LogP contribution in [0.2, 0.25) is 0 Å². The van der Waals surface area contributed by atoms with Crippen molar-refractivity contribution in [1.29, 1.82) is 5.26 Å². The summed E-state index contributed by atoms with van der Waals surface area (Å²) in [6.45, 7) is 0. The van der Waals surface area contributed by atoms with E-state index in [0.29, 0.717) is 27.9 Å². The molecule has 1 amide bonds. The standard InChI is InChI=1S/C21H20N4O4S/c1-27-15-9-13(10-16(28-2)18(15)29-3)24-20(26)19-17(23)14(11-22)21(30-19)25-12-7-5-4-6-8-12/h4-10,25H,23H2,1-3H3,(H,24,26). The summed E-state index contributed by atoms with van der Waals surface area (Å²) in [6.07, 6.45) is 0. The Kier molecular flexibility index (Phi) is 6.29. The van der Waals surface area contributed by atoms with Gasteiger partial charge in [-0.25, -0.2) is 0 Å². The third-order valence-electron chi connectivity index (χ3n) is 4.22. The van der Waals surface area contributed by atoms with Gasteiger partial charge in [0.2, 0.25) is 5.75 Å². The quantitative estimate of drug-likeness (QED) is 0.519. The van der Waals surface area contributed by atoms with Crippen molar-refractivity contribution in [2.45, 2.75) is 0 Å². The summed E-state index contributed by atoms with van der Waals surface area (Å²) in [5.41, 5.74) is 7.65. The van der Waals surface area contributed by atoms with E-state index in [2.05, 4.69) is 16.7 Å². The number of anilines is 4. The molecule has 0 unspecified atom stereocenters. The highest BCUT2D eigenvalue weighted by atomic mass is 32.1. The van der Waals surface area contributed by atoms with Crippen LogP contribution >= 0.6 is 11.3 Å². The SMILES string of the molecule is COc1cc(NC(=O)c2sc(Nc3ccccc3)c(C#N)c2N)cc(OC)c1OC. The third kappa shape index (κ3) is 4.09. The lowest BCUT2D eigenvalue weighted by molar-refractivity contribution is 0.103. The van der Waals surface area contributed by atoms with Crippen molar-refractivity contribution in [3.05, 3.63) is 52.9 Å². The molecule has 3 rings (SSSR count).